The number of carbonyl (C=O) groups is 2. The third kappa shape index (κ3) is 5.07. The summed E-state index contributed by atoms with van der Waals surface area (Å²) in [6.45, 7) is 0.293. The Hall–Kier alpha value is -1.35. The molecule has 0 spiro atoms. The van der Waals surface area contributed by atoms with Crippen LogP contribution in [0.5, 0.6) is 0 Å². The van der Waals surface area contributed by atoms with Gasteiger partial charge in [0, 0.05) is 19.7 Å². The first-order chi connectivity index (χ1) is 11.7. The number of nitrogens with zero attached hydrogens (tertiary/aromatic N) is 1. The van der Waals surface area contributed by atoms with Gasteiger partial charge >= 0.3 is 11.8 Å². The molecule has 138 valence electrons. The minimum Gasteiger partial charge on any atom is -0.383 e. The molecule has 1 N–H and O–H groups in total. The molecule has 10 heteroatoms. The van der Waals surface area contributed by atoms with E-state index < -0.39 is 27.7 Å². The third-order valence-electron chi connectivity index (χ3n) is 3.84. The van der Waals surface area contributed by atoms with Gasteiger partial charge in [0.2, 0.25) is 0 Å². The van der Waals surface area contributed by atoms with E-state index in [-0.39, 0.29) is 46.8 Å². The number of sulfone groups is 1. The highest BCUT2D eigenvalue weighted by atomic mass is 35.5. The van der Waals surface area contributed by atoms with E-state index >= 15 is 0 Å². The number of para-hydroxylation sites is 1. The lowest BCUT2D eigenvalue weighted by molar-refractivity contribution is -0.144. The van der Waals surface area contributed by atoms with Crippen molar-refractivity contribution in [1.29, 1.82) is 0 Å². The lowest BCUT2D eigenvalue weighted by atomic mass is 10.2. The Kier molecular flexibility index (Phi) is 6.67. The summed E-state index contributed by atoms with van der Waals surface area (Å²) in [6, 6.07) is 4.11. The van der Waals surface area contributed by atoms with Crippen molar-refractivity contribution in [2.24, 2.45) is 0 Å². The molecule has 1 saturated heterocycles. The highest BCUT2D eigenvalue weighted by Gasteiger charge is 2.36. The molecule has 2 amide bonds. The summed E-state index contributed by atoms with van der Waals surface area (Å²) in [4.78, 5) is 26.1. The lowest BCUT2D eigenvalue weighted by Gasteiger charge is -2.27. The van der Waals surface area contributed by atoms with E-state index in [0.717, 1.165) is 0 Å². The van der Waals surface area contributed by atoms with Gasteiger partial charge in [-0.2, -0.15) is 0 Å². The smallest absolute Gasteiger partial charge is 0.313 e. The molecule has 1 unspecified atom stereocenters. The molecular formula is C15H18Cl2N2O5S. The van der Waals surface area contributed by atoms with E-state index in [1.165, 1.54) is 24.1 Å². The molecule has 1 aromatic carbocycles. The van der Waals surface area contributed by atoms with Crippen LogP contribution >= 0.6 is 23.2 Å². The maximum atomic E-state index is 12.6. The largest absolute Gasteiger partial charge is 0.383 e. The quantitative estimate of drug-likeness (QED) is 0.746. The molecule has 0 radical (unpaired) electrons. The third-order valence-corrected chi connectivity index (χ3v) is 6.22. The van der Waals surface area contributed by atoms with Crippen molar-refractivity contribution in [3.05, 3.63) is 28.2 Å². The SMILES string of the molecule is COCCN(C(=O)C(=O)Nc1c(Cl)cccc1Cl)C1CCS(=O)(=O)C1. The van der Waals surface area contributed by atoms with Crippen LogP contribution in [-0.2, 0) is 24.2 Å². The Morgan fingerprint density at radius 1 is 1.32 bits per heavy atom. The van der Waals surface area contributed by atoms with Crippen molar-refractivity contribution in [3.63, 3.8) is 0 Å². The van der Waals surface area contributed by atoms with E-state index in [9.17, 15) is 18.0 Å². The van der Waals surface area contributed by atoms with Crippen molar-refractivity contribution in [2.45, 2.75) is 12.5 Å². The van der Waals surface area contributed by atoms with E-state index in [1.807, 2.05) is 0 Å². The molecule has 1 fully saturated rings. The van der Waals surface area contributed by atoms with Gasteiger partial charge in [-0.3, -0.25) is 9.59 Å². The second-order valence-electron chi connectivity index (χ2n) is 5.60. The molecule has 1 aromatic rings. The van der Waals surface area contributed by atoms with Gasteiger partial charge in [0.15, 0.2) is 9.84 Å². The molecule has 2 rings (SSSR count). The molecule has 0 aromatic heterocycles. The van der Waals surface area contributed by atoms with E-state index in [4.69, 9.17) is 27.9 Å². The van der Waals surface area contributed by atoms with E-state index in [2.05, 4.69) is 5.32 Å². The summed E-state index contributed by atoms with van der Waals surface area (Å²) < 4.78 is 28.3. The summed E-state index contributed by atoms with van der Waals surface area (Å²) in [6.07, 6.45) is 0.290. The Balaban J connectivity index is 2.16. The van der Waals surface area contributed by atoms with Crippen LogP contribution in [0.4, 0.5) is 5.69 Å². The topological polar surface area (TPSA) is 92.8 Å². The standard InChI is InChI=1S/C15H18Cl2N2O5S/c1-24-7-6-19(10-5-8-25(22,23)9-10)15(21)14(20)18-13-11(16)3-2-4-12(13)17/h2-4,10H,5-9H2,1H3,(H,18,20). The second kappa shape index (κ2) is 8.35. The monoisotopic (exact) mass is 408 g/mol. The number of nitrogens with one attached hydrogen (secondary N) is 1. The van der Waals surface area contributed by atoms with Crippen molar-refractivity contribution in [1.82, 2.24) is 4.90 Å². The fourth-order valence-electron chi connectivity index (χ4n) is 2.58. The van der Waals surface area contributed by atoms with Crippen LogP contribution in [0.2, 0.25) is 10.0 Å². The number of halogens is 2. The fourth-order valence-corrected chi connectivity index (χ4v) is 4.80. The van der Waals surface area contributed by atoms with Crippen molar-refractivity contribution in [2.75, 3.05) is 37.1 Å². The first-order valence-corrected chi connectivity index (χ1v) is 10.1. The Labute approximate surface area is 156 Å². The summed E-state index contributed by atoms with van der Waals surface area (Å²) in [5.74, 6) is -1.96. The number of benzene rings is 1. The molecular weight excluding hydrogens is 391 g/mol. The lowest BCUT2D eigenvalue weighted by Crippen LogP contribution is -2.48. The van der Waals surface area contributed by atoms with Gasteiger partial charge in [0.05, 0.1) is 33.8 Å². The zero-order chi connectivity index (χ0) is 18.6. The first kappa shape index (κ1) is 20.0. The number of rotatable bonds is 5. The van der Waals surface area contributed by atoms with Gasteiger partial charge in [-0.1, -0.05) is 29.3 Å². The highest BCUT2D eigenvalue weighted by molar-refractivity contribution is 7.91. The molecule has 7 nitrogen and oxygen atoms in total. The van der Waals surface area contributed by atoms with Gasteiger partial charge < -0.3 is 15.0 Å². The Bertz CT molecular complexity index is 749. The van der Waals surface area contributed by atoms with Gasteiger partial charge in [-0.05, 0) is 18.6 Å². The number of amides is 2. The Morgan fingerprint density at radius 3 is 2.48 bits per heavy atom. The molecule has 1 heterocycles. The fraction of sp³-hybridized carbons (Fsp3) is 0.467. The normalized spacial score (nSPS) is 18.8. The van der Waals surface area contributed by atoms with Gasteiger partial charge in [0.1, 0.15) is 0 Å². The maximum absolute atomic E-state index is 12.6. The van der Waals surface area contributed by atoms with Crippen molar-refractivity contribution in [3.8, 4) is 0 Å². The van der Waals surface area contributed by atoms with E-state index in [1.54, 1.807) is 6.07 Å². The average Bonchev–Trinajstić information content (AvgIpc) is 2.91. The van der Waals surface area contributed by atoms with Crippen LogP contribution in [0, 0.1) is 0 Å². The van der Waals surface area contributed by atoms with Gasteiger partial charge in [-0.15, -0.1) is 0 Å². The summed E-state index contributed by atoms with van der Waals surface area (Å²) in [5, 5.41) is 2.78. The summed E-state index contributed by atoms with van der Waals surface area (Å²) >= 11 is 12.0. The molecule has 0 saturated carbocycles. The minimum atomic E-state index is -3.21. The van der Waals surface area contributed by atoms with E-state index in [0.29, 0.717) is 0 Å². The number of hydrogen-bond acceptors (Lipinski definition) is 5. The molecule has 0 bridgehead atoms. The summed E-state index contributed by atoms with van der Waals surface area (Å²) in [5.41, 5.74) is 0.134. The van der Waals surface area contributed by atoms with Gasteiger partial charge in [0.25, 0.3) is 0 Å². The molecule has 1 atom stereocenters. The van der Waals surface area contributed by atoms with Crippen molar-refractivity contribution < 1.29 is 22.7 Å². The molecule has 1 aliphatic rings. The summed E-state index contributed by atoms with van der Waals surface area (Å²) in [7, 11) is -1.75. The zero-order valence-electron chi connectivity index (χ0n) is 13.5. The first-order valence-electron chi connectivity index (χ1n) is 7.50. The zero-order valence-corrected chi connectivity index (χ0v) is 15.8. The van der Waals surface area contributed by atoms with Crippen molar-refractivity contribution >= 4 is 50.5 Å². The van der Waals surface area contributed by atoms with Crippen LogP contribution in [0.25, 0.3) is 0 Å². The highest BCUT2D eigenvalue weighted by Crippen LogP contribution is 2.30. The van der Waals surface area contributed by atoms with Crippen LogP contribution in [-0.4, -0.2) is 62.9 Å². The number of methoxy groups -OCH3 is 1. The molecule has 1 aliphatic heterocycles. The number of carbonyl (C=O) groups excluding carboxylic acids is 2. The van der Waals surface area contributed by atoms with Crippen LogP contribution in [0.3, 0.4) is 0 Å². The van der Waals surface area contributed by atoms with Crippen LogP contribution < -0.4 is 5.32 Å². The van der Waals surface area contributed by atoms with Crippen LogP contribution in [0.15, 0.2) is 18.2 Å². The maximum Gasteiger partial charge on any atom is 0.313 e. The predicted octanol–water partition coefficient (Wildman–Crippen LogP) is 1.59. The number of hydrogen-bond donors (Lipinski definition) is 1. The number of ether oxygens (including phenoxy) is 1. The van der Waals surface area contributed by atoms with Crippen LogP contribution in [0.1, 0.15) is 6.42 Å². The minimum absolute atomic E-state index is 0.00755. The van der Waals surface area contributed by atoms with Gasteiger partial charge in [-0.25, -0.2) is 8.42 Å². The average molecular weight is 409 g/mol. The second-order valence-corrected chi connectivity index (χ2v) is 8.64. The molecule has 25 heavy (non-hydrogen) atoms. The molecule has 0 aliphatic carbocycles. The predicted molar refractivity (Wildman–Crippen MR) is 95.7 cm³/mol. The number of anilines is 1. The Morgan fingerprint density at radius 2 is 1.96 bits per heavy atom.